The zero-order chi connectivity index (χ0) is 15.5. The quantitative estimate of drug-likeness (QED) is 0.859. The molecule has 110 valence electrons. The molecule has 0 fully saturated rings. The van der Waals surface area contributed by atoms with E-state index in [1.165, 1.54) is 0 Å². The normalized spacial score (nSPS) is 11.3. The van der Waals surface area contributed by atoms with E-state index >= 15 is 0 Å². The number of halogens is 2. The molecule has 0 bridgehead atoms. The van der Waals surface area contributed by atoms with Gasteiger partial charge in [0.1, 0.15) is 5.82 Å². The van der Waals surface area contributed by atoms with Gasteiger partial charge in [0.15, 0.2) is 0 Å². The zero-order valence-electron chi connectivity index (χ0n) is 10.7. The summed E-state index contributed by atoms with van der Waals surface area (Å²) >= 11 is 5.21. The summed E-state index contributed by atoms with van der Waals surface area (Å²) in [6.45, 7) is 0.0880. The molecule has 0 aliphatic heterocycles. The van der Waals surface area contributed by atoms with Crippen LogP contribution < -0.4 is 4.72 Å². The molecule has 7 heteroatoms. The lowest BCUT2D eigenvalue weighted by molar-refractivity contribution is 0.107. The van der Waals surface area contributed by atoms with Crippen LogP contribution in [0.1, 0.15) is 15.9 Å². The van der Waals surface area contributed by atoms with Crippen molar-refractivity contribution in [3.8, 4) is 0 Å². The minimum atomic E-state index is -3.86. The summed E-state index contributed by atoms with van der Waals surface area (Å²) in [7, 11) is -3.86. The van der Waals surface area contributed by atoms with Crippen LogP contribution in [0, 0.1) is 5.82 Å². The molecule has 0 aliphatic carbocycles. The van der Waals surface area contributed by atoms with Crippen LogP contribution in [0.15, 0.2) is 53.4 Å². The van der Waals surface area contributed by atoms with Gasteiger partial charge in [-0.1, -0.05) is 30.3 Å². The fraction of sp³-hybridized carbons (Fsp3) is 0.0714. The van der Waals surface area contributed by atoms with E-state index in [0.717, 1.165) is 23.8 Å². The van der Waals surface area contributed by atoms with E-state index in [4.69, 9.17) is 11.6 Å². The van der Waals surface area contributed by atoms with E-state index in [-0.39, 0.29) is 11.4 Å². The van der Waals surface area contributed by atoms with Crippen molar-refractivity contribution in [3.05, 3.63) is 65.5 Å². The third-order valence-electron chi connectivity index (χ3n) is 2.77. The molecule has 0 aromatic heterocycles. The maximum atomic E-state index is 13.3. The van der Waals surface area contributed by atoms with Crippen molar-refractivity contribution in [1.29, 1.82) is 0 Å². The molecule has 2 aromatic rings. The molecule has 0 amide bonds. The van der Waals surface area contributed by atoms with E-state index in [1.54, 1.807) is 24.3 Å². The van der Waals surface area contributed by atoms with Gasteiger partial charge < -0.3 is 0 Å². The van der Waals surface area contributed by atoms with Gasteiger partial charge in [-0.2, -0.15) is 0 Å². The Morgan fingerprint density at radius 1 is 1.14 bits per heavy atom. The van der Waals surface area contributed by atoms with Crippen molar-refractivity contribution >= 4 is 26.9 Å². The van der Waals surface area contributed by atoms with Gasteiger partial charge >= 0.3 is 0 Å². The summed E-state index contributed by atoms with van der Waals surface area (Å²) in [5.41, 5.74) is 0.302. The van der Waals surface area contributed by atoms with Crippen molar-refractivity contribution in [1.82, 2.24) is 4.72 Å². The molecule has 0 spiro atoms. The Morgan fingerprint density at radius 2 is 1.81 bits per heavy atom. The highest BCUT2D eigenvalue weighted by Crippen LogP contribution is 2.17. The molecule has 0 aliphatic rings. The molecule has 0 saturated heterocycles. The Kier molecular flexibility index (Phi) is 4.72. The zero-order valence-corrected chi connectivity index (χ0v) is 12.3. The second kappa shape index (κ2) is 6.34. The van der Waals surface area contributed by atoms with Gasteiger partial charge in [-0.3, -0.25) is 4.79 Å². The SMILES string of the molecule is O=C(Cl)c1cc(S(=O)(=O)NCc2ccccc2)ccc1F. The highest BCUT2D eigenvalue weighted by atomic mass is 35.5. The number of carbonyl (C=O) groups is 1. The summed E-state index contributed by atoms with van der Waals surface area (Å²) in [6.07, 6.45) is 0. The van der Waals surface area contributed by atoms with Crippen molar-refractivity contribution in [2.45, 2.75) is 11.4 Å². The maximum Gasteiger partial charge on any atom is 0.255 e. The predicted molar refractivity (Wildman–Crippen MR) is 77.1 cm³/mol. The van der Waals surface area contributed by atoms with E-state index in [0.29, 0.717) is 0 Å². The molecular formula is C14H11ClFNO3S. The fourth-order valence-electron chi connectivity index (χ4n) is 1.68. The lowest BCUT2D eigenvalue weighted by Gasteiger charge is -2.08. The number of hydrogen-bond donors (Lipinski definition) is 1. The van der Waals surface area contributed by atoms with Crippen LogP contribution in [0.3, 0.4) is 0 Å². The second-order valence-electron chi connectivity index (χ2n) is 4.23. The molecule has 0 heterocycles. The summed E-state index contributed by atoms with van der Waals surface area (Å²) in [6, 6.07) is 11.8. The first kappa shape index (κ1) is 15.6. The van der Waals surface area contributed by atoms with Crippen molar-refractivity contribution in [3.63, 3.8) is 0 Å². The number of hydrogen-bond acceptors (Lipinski definition) is 3. The Bertz CT molecular complexity index is 763. The number of nitrogens with one attached hydrogen (secondary N) is 1. The van der Waals surface area contributed by atoms with Gasteiger partial charge in [0.25, 0.3) is 5.24 Å². The van der Waals surface area contributed by atoms with Crippen LogP contribution in [0.5, 0.6) is 0 Å². The topological polar surface area (TPSA) is 63.2 Å². The number of rotatable bonds is 5. The molecule has 4 nitrogen and oxygen atoms in total. The van der Waals surface area contributed by atoms with Crippen molar-refractivity contribution in [2.24, 2.45) is 0 Å². The average Bonchev–Trinajstić information content (AvgIpc) is 2.46. The number of benzene rings is 2. The van der Waals surface area contributed by atoms with Gasteiger partial charge in [0.2, 0.25) is 10.0 Å². The first-order valence-electron chi connectivity index (χ1n) is 5.93. The van der Waals surface area contributed by atoms with Crippen LogP contribution >= 0.6 is 11.6 Å². The third kappa shape index (κ3) is 3.87. The third-order valence-corrected chi connectivity index (χ3v) is 4.37. The van der Waals surface area contributed by atoms with Gasteiger partial charge in [-0.25, -0.2) is 17.5 Å². The fourth-order valence-corrected chi connectivity index (χ4v) is 2.87. The Morgan fingerprint density at radius 3 is 2.43 bits per heavy atom. The van der Waals surface area contributed by atoms with E-state index < -0.39 is 26.6 Å². The van der Waals surface area contributed by atoms with Crippen LogP contribution in [0.4, 0.5) is 4.39 Å². The van der Waals surface area contributed by atoms with Crippen molar-refractivity contribution < 1.29 is 17.6 Å². The summed E-state index contributed by atoms with van der Waals surface area (Å²) in [5.74, 6) is -0.864. The van der Waals surface area contributed by atoms with Crippen molar-refractivity contribution in [2.75, 3.05) is 0 Å². The minimum Gasteiger partial charge on any atom is -0.275 e. The standard InChI is InChI=1S/C14H11ClFNO3S/c15-14(18)12-8-11(6-7-13(12)16)21(19,20)17-9-10-4-2-1-3-5-10/h1-8,17H,9H2. The number of carbonyl (C=O) groups excluding carboxylic acids is 1. The first-order chi connectivity index (χ1) is 9.90. The predicted octanol–water partition coefficient (Wildman–Crippen LogP) is 2.68. The molecule has 21 heavy (non-hydrogen) atoms. The summed E-state index contributed by atoms with van der Waals surface area (Å²) in [5, 5.41) is -1.05. The van der Waals surface area contributed by atoms with Gasteiger partial charge in [-0.05, 0) is 35.4 Å². The molecule has 2 rings (SSSR count). The Balaban J connectivity index is 2.24. The highest BCUT2D eigenvalue weighted by Gasteiger charge is 2.18. The highest BCUT2D eigenvalue weighted by molar-refractivity contribution is 7.89. The Labute approximate surface area is 126 Å². The Hall–Kier alpha value is -1.76. The largest absolute Gasteiger partial charge is 0.275 e. The van der Waals surface area contributed by atoms with Gasteiger partial charge in [0, 0.05) is 6.54 Å². The van der Waals surface area contributed by atoms with Crippen LogP contribution in [0.25, 0.3) is 0 Å². The number of sulfonamides is 1. The lowest BCUT2D eigenvalue weighted by Crippen LogP contribution is -2.23. The summed E-state index contributed by atoms with van der Waals surface area (Å²) < 4.78 is 39.9. The van der Waals surface area contributed by atoms with E-state index in [1.807, 2.05) is 6.07 Å². The smallest absolute Gasteiger partial charge is 0.255 e. The van der Waals surface area contributed by atoms with Crippen LogP contribution in [0.2, 0.25) is 0 Å². The average molecular weight is 328 g/mol. The second-order valence-corrected chi connectivity index (χ2v) is 6.34. The minimum absolute atomic E-state index is 0.0880. The molecule has 0 atom stereocenters. The monoisotopic (exact) mass is 327 g/mol. The van der Waals surface area contributed by atoms with E-state index in [9.17, 15) is 17.6 Å². The van der Waals surface area contributed by atoms with Gasteiger partial charge in [0.05, 0.1) is 10.5 Å². The molecule has 0 saturated carbocycles. The first-order valence-corrected chi connectivity index (χ1v) is 7.79. The molecule has 1 N–H and O–H groups in total. The van der Waals surface area contributed by atoms with Crippen LogP contribution in [-0.4, -0.2) is 13.7 Å². The van der Waals surface area contributed by atoms with Crippen LogP contribution in [-0.2, 0) is 16.6 Å². The molecule has 0 radical (unpaired) electrons. The molecular weight excluding hydrogens is 317 g/mol. The van der Waals surface area contributed by atoms with Gasteiger partial charge in [-0.15, -0.1) is 0 Å². The van der Waals surface area contributed by atoms with E-state index in [2.05, 4.69) is 4.72 Å². The maximum absolute atomic E-state index is 13.3. The summed E-state index contributed by atoms with van der Waals surface area (Å²) in [4.78, 5) is 10.8. The lowest BCUT2D eigenvalue weighted by atomic mass is 10.2. The molecule has 2 aromatic carbocycles. The molecule has 0 unspecified atom stereocenters.